The van der Waals surface area contributed by atoms with Crippen LogP contribution in [0.25, 0.3) is 11.3 Å². The van der Waals surface area contributed by atoms with E-state index in [-0.39, 0.29) is 12.3 Å². The van der Waals surface area contributed by atoms with Crippen molar-refractivity contribution in [3.8, 4) is 11.3 Å². The molecule has 118 valence electrons. The van der Waals surface area contributed by atoms with Crippen LogP contribution in [0.1, 0.15) is 27.5 Å². The zero-order valence-corrected chi connectivity index (χ0v) is 13.3. The zero-order chi connectivity index (χ0) is 16.4. The molecule has 23 heavy (non-hydrogen) atoms. The van der Waals surface area contributed by atoms with E-state index in [2.05, 4.69) is 15.4 Å². The molecule has 0 amide bonds. The molecule has 3 rings (SSSR count). The molecule has 0 saturated carbocycles. The van der Waals surface area contributed by atoms with Crippen LogP contribution in [0, 0.1) is 13.8 Å². The van der Waals surface area contributed by atoms with Gasteiger partial charge in [0.15, 0.2) is 0 Å². The summed E-state index contributed by atoms with van der Waals surface area (Å²) in [5, 5.41) is 11.2. The number of H-pyrrole nitrogens is 1. The van der Waals surface area contributed by atoms with Crippen LogP contribution in [0.2, 0.25) is 5.02 Å². The van der Waals surface area contributed by atoms with Gasteiger partial charge in [-0.15, -0.1) is 0 Å². The molecule has 3 aromatic rings. The summed E-state index contributed by atoms with van der Waals surface area (Å²) in [7, 11) is 0. The number of benzene rings is 1. The van der Waals surface area contributed by atoms with E-state index in [1.54, 1.807) is 26.0 Å². The van der Waals surface area contributed by atoms with Gasteiger partial charge in [0, 0.05) is 5.56 Å². The average Bonchev–Trinajstić information content (AvgIpc) is 3.14. The Morgan fingerprint density at radius 3 is 2.83 bits per heavy atom. The van der Waals surface area contributed by atoms with Gasteiger partial charge >= 0.3 is 5.97 Å². The molecule has 0 bridgehead atoms. The highest BCUT2D eigenvalue weighted by Crippen LogP contribution is 2.26. The van der Waals surface area contributed by atoms with Gasteiger partial charge in [0.25, 0.3) is 0 Å². The minimum absolute atomic E-state index is 0.0977. The minimum atomic E-state index is -0.504. The van der Waals surface area contributed by atoms with Crippen LogP contribution in [0.5, 0.6) is 0 Å². The van der Waals surface area contributed by atoms with Gasteiger partial charge in [-0.1, -0.05) is 35.0 Å². The number of nitrogens with zero attached hydrogens (tertiary/aromatic N) is 2. The third-order valence-electron chi connectivity index (χ3n) is 3.48. The van der Waals surface area contributed by atoms with Gasteiger partial charge in [-0.25, -0.2) is 4.79 Å². The molecule has 0 fully saturated rings. The van der Waals surface area contributed by atoms with Crippen LogP contribution < -0.4 is 0 Å². The summed E-state index contributed by atoms with van der Waals surface area (Å²) in [6.07, 6.45) is 0. The maximum absolute atomic E-state index is 12.1. The van der Waals surface area contributed by atoms with E-state index in [9.17, 15) is 4.79 Å². The van der Waals surface area contributed by atoms with E-state index >= 15 is 0 Å². The van der Waals surface area contributed by atoms with Crippen molar-refractivity contribution >= 4 is 17.6 Å². The highest BCUT2D eigenvalue weighted by Gasteiger charge is 2.16. The number of carbonyl (C=O) groups is 1. The van der Waals surface area contributed by atoms with E-state index in [1.807, 2.05) is 18.2 Å². The van der Waals surface area contributed by atoms with Crippen LogP contribution >= 0.6 is 11.6 Å². The molecule has 2 heterocycles. The van der Waals surface area contributed by atoms with Crippen molar-refractivity contribution < 1.29 is 14.1 Å². The fourth-order valence-corrected chi connectivity index (χ4v) is 2.39. The fourth-order valence-electron chi connectivity index (χ4n) is 2.16. The Bertz CT molecular complexity index is 834. The monoisotopic (exact) mass is 331 g/mol. The van der Waals surface area contributed by atoms with Gasteiger partial charge in [0.1, 0.15) is 18.1 Å². The molecule has 0 aliphatic rings. The van der Waals surface area contributed by atoms with Gasteiger partial charge in [-0.05, 0) is 26.0 Å². The van der Waals surface area contributed by atoms with E-state index in [1.165, 1.54) is 0 Å². The lowest BCUT2D eigenvalue weighted by molar-refractivity contribution is 0.0464. The van der Waals surface area contributed by atoms with Crippen LogP contribution in [0.4, 0.5) is 0 Å². The van der Waals surface area contributed by atoms with Crippen molar-refractivity contribution in [3.05, 3.63) is 58.1 Å². The number of aromatic nitrogens is 3. The van der Waals surface area contributed by atoms with Crippen molar-refractivity contribution in [2.24, 2.45) is 0 Å². The van der Waals surface area contributed by atoms with Crippen molar-refractivity contribution in [2.45, 2.75) is 20.5 Å². The molecule has 0 spiro atoms. The molecule has 6 nitrogen and oxygen atoms in total. The molecule has 2 aromatic heterocycles. The number of ether oxygens (including phenoxy) is 1. The summed E-state index contributed by atoms with van der Waals surface area (Å²) < 4.78 is 10.3. The Hall–Kier alpha value is -2.60. The Morgan fingerprint density at radius 2 is 2.13 bits per heavy atom. The molecule has 1 N–H and O–H groups in total. The lowest BCUT2D eigenvalue weighted by Crippen LogP contribution is -2.06. The summed E-state index contributed by atoms with van der Waals surface area (Å²) in [6.45, 7) is 3.67. The minimum Gasteiger partial charge on any atom is -0.456 e. The number of carbonyl (C=O) groups excluding carboxylic acids is 1. The van der Waals surface area contributed by atoms with Crippen molar-refractivity contribution in [3.63, 3.8) is 0 Å². The molecule has 1 aromatic carbocycles. The first-order chi connectivity index (χ1) is 11.1. The van der Waals surface area contributed by atoms with Gasteiger partial charge in [0.05, 0.1) is 22.0 Å². The first-order valence-corrected chi connectivity index (χ1v) is 7.33. The number of nitrogens with one attached hydrogen (secondary N) is 1. The second-order valence-corrected chi connectivity index (χ2v) is 5.43. The molecular weight excluding hydrogens is 318 g/mol. The Morgan fingerprint density at radius 1 is 1.35 bits per heavy atom. The zero-order valence-electron chi connectivity index (χ0n) is 12.6. The fraction of sp³-hybridized carbons (Fsp3) is 0.188. The second kappa shape index (κ2) is 6.26. The number of aromatic amines is 1. The predicted molar refractivity (Wildman–Crippen MR) is 84.1 cm³/mol. The first kappa shape index (κ1) is 15.3. The molecule has 0 aliphatic carbocycles. The van der Waals surface area contributed by atoms with Crippen LogP contribution in [0.15, 0.2) is 34.9 Å². The number of hydrogen-bond acceptors (Lipinski definition) is 5. The third kappa shape index (κ3) is 3.12. The lowest BCUT2D eigenvalue weighted by Gasteiger charge is -2.02. The van der Waals surface area contributed by atoms with Gasteiger partial charge in [-0.3, -0.25) is 5.10 Å². The number of rotatable bonds is 4. The van der Waals surface area contributed by atoms with Crippen LogP contribution in [-0.4, -0.2) is 21.3 Å². The van der Waals surface area contributed by atoms with Gasteiger partial charge in [0.2, 0.25) is 0 Å². The smallest absolute Gasteiger partial charge is 0.356 e. The normalized spacial score (nSPS) is 10.7. The quantitative estimate of drug-likeness (QED) is 0.737. The summed E-state index contributed by atoms with van der Waals surface area (Å²) in [5.41, 5.74) is 3.06. The number of esters is 1. The number of aryl methyl sites for hydroxylation is 2. The highest BCUT2D eigenvalue weighted by atomic mass is 35.5. The third-order valence-corrected chi connectivity index (χ3v) is 3.81. The summed E-state index contributed by atoms with van der Waals surface area (Å²) in [6, 6.07) is 8.89. The van der Waals surface area contributed by atoms with E-state index in [0.29, 0.717) is 22.2 Å². The molecule has 0 atom stereocenters. The highest BCUT2D eigenvalue weighted by molar-refractivity contribution is 6.33. The van der Waals surface area contributed by atoms with Gasteiger partial charge < -0.3 is 9.26 Å². The van der Waals surface area contributed by atoms with Crippen molar-refractivity contribution in [2.75, 3.05) is 0 Å². The average molecular weight is 332 g/mol. The van der Waals surface area contributed by atoms with E-state index in [0.717, 1.165) is 11.1 Å². The van der Waals surface area contributed by atoms with Gasteiger partial charge in [-0.2, -0.15) is 5.10 Å². The second-order valence-electron chi connectivity index (χ2n) is 5.03. The molecule has 0 saturated heterocycles. The Kier molecular flexibility index (Phi) is 4.16. The molecule has 0 aliphatic heterocycles. The van der Waals surface area contributed by atoms with E-state index in [4.69, 9.17) is 20.9 Å². The SMILES string of the molecule is Cc1noc(C)c1COC(=O)c1cc(-c2ccccc2Cl)n[nH]1. The topological polar surface area (TPSA) is 81.0 Å². The molecule has 0 unspecified atom stereocenters. The summed E-state index contributed by atoms with van der Waals surface area (Å²) in [4.78, 5) is 12.1. The maximum Gasteiger partial charge on any atom is 0.356 e. The summed E-state index contributed by atoms with van der Waals surface area (Å²) >= 11 is 6.12. The molecule has 0 radical (unpaired) electrons. The van der Waals surface area contributed by atoms with Crippen LogP contribution in [0.3, 0.4) is 0 Å². The first-order valence-electron chi connectivity index (χ1n) is 6.95. The Balaban J connectivity index is 1.73. The predicted octanol–water partition coefficient (Wildman–Crippen LogP) is 3.69. The standard InChI is InChI=1S/C16H14ClN3O3/c1-9-12(10(2)23-20-9)8-22-16(21)15-7-14(18-19-15)11-5-3-4-6-13(11)17/h3-7H,8H2,1-2H3,(H,18,19). The largest absolute Gasteiger partial charge is 0.456 e. The number of halogens is 1. The maximum atomic E-state index is 12.1. The lowest BCUT2D eigenvalue weighted by atomic mass is 10.1. The van der Waals surface area contributed by atoms with Crippen LogP contribution in [-0.2, 0) is 11.3 Å². The molecule has 7 heteroatoms. The Labute approximate surface area is 137 Å². The van der Waals surface area contributed by atoms with Crippen molar-refractivity contribution in [1.82, 2.24) is 15.4 Å². The van der Waals surface area contributed by atoms with E-state index < -0.39 is 5.97 Å². The van der Waals surface area contributed by atoms with Crippen molar-refractivity contribution in [1.29, 1.82) is 0 Å². The summed E-state index contributed by atoms with van der Waals surface area (Å²) in [5.74, 6) is 0.132. The molecular formula is C16H14ClN3O3. The number of hydrogen-bond donors (Lipinski definition) is 1.